The lowest BCUT2D eigenvalue weighted by Crippen LogP contribution is -2.05. The van der Waals surface area contributed by atoms with E-state index in [9.17, 15) is 14.5 Å². The van der Waals surface area contributed by atoms with Crippen molar-refractivity contribution >= 4 is 11.4 Å². The molecule has 0 saturated heterocycles. The molecule has 0 atom stereocenters. The maximum absolute atomic E-state index is 13.0. The number of H-pyrrole nitrogens is 1. The average molecular weight is 278 g/mol. The number of rotatable bonds is 6. The van der Waals surface area contributed by atoms with E-state index in [4.69, 9.17) is 0 Å². The lowest BCUT2D eigenvalue weighted by molar-refractivity contribution is -0.384. The maximum atomic E-state index is 13.0. The van der Waals surface area contributed by atoms with Crippen molar-refractivity contribution in [2.75, 3.05) is 11.9 Å². The Labute approximate surface area is 115 Å². The highest BCUT2D eigenvalue weighted by Crippen LogP contribution is 2.24. The number of aromatic nitrogens is 2. The zero-order chi connectivity index (χ0) is 14.5. The summed E-state index contributed by atoms with van der Waals surface area (Å²) in [6.07, 6.45) is 3.40. The first-order valence-corrected chi connectivity index (χ1v) is 6.24. The average Bonchev–Trinajstić information content (AvgIpc) is 2.81. The van der Waals surface area contributed by atoms with Gasteiger partial charge >= 0.3 is 0 Å². The number of hydrogen-bond donors (Lipinski definition) is 2. The minimum atomic E-state index is -0.615. The summed E-state index contributed by atoms with van der Waals surface area (Å²) in [5.74, 6) is -0.615. The zero-order valence-corrected chi connectivity index (χ0v) is 11.0. The van der Waals surface area contributed by atoms with E-state index >= 15 is 0 Å². The van der Waals surface area contributed by atoms with E-state index in [-0.39, 0.29) is 5.69 Å². The summed E-state index contributed by atoms with van der Waals surface area (Å²) in [6, 6.07) is 3.51. The minimum Gasteiger partial charge on any atom is -0.379 e. The zero-order valence-electron chi connectivity index (χ0n) is 11.0. The number of nitro benzene ring substituents is 1. The van der Waals surface area contributed by atoms with Crippen molar-refractivity contribution in [3.8, 4) is 0 Å². The first-order valence-electron chi connectivity index (χ1n) is 6.24. The highest BCUT2D eigenvalue weighted by molar-refractivity contribution is 5.61. The predicted molar refractivity (Wildman–Crippen MR) is 73.2 cm³/mol. The highest BCUT2D eigenvalue weighted by atomic mass is 19.1. The van der Waals surface area contributed by atoms with Crippen LogP contribution < -0.4 is 5.32 Å². The third-order valence-corrected chi connectivity index (χ3v) is 3.03. The van der Waals surface area contributed by atoms with Crippen LogP contribution in [0.1, 0.15) is 17.7 Å². The molecule has 1 aromatic carbocycles. The van der Waals surface area contributed by atoms with Gasteiger partial charge in [-0.15, -0.1) is 0 Å². The Bertz CT molecular complexity index is 612. The van der Waals surface area contributed by atoms with Gasteiger partial charge in [0.05, 0.1) is 17.2 Å². The molecule has 0 spiro atoms. The molecule has 1 heterocycles. The molecule has 106 valence electrons. The van der Waals surface area contributed by atoms with Crippen LogP contribution in [0.2, 0.25) is 0 Å². The predicted octanol–water partition coefficient (Wildman–Crippen LogP) is 2.81. The lowest BCUT2D eigenvalue weighted by atomic mass is 10.1. The Kier molecular flexibility index (Phi) is 4.29. The molecule has 1 aromatic heterocycles. The molecule has 0 radical (unpaired) electrons. The fourth-order valence-corrected chi connectivity index (χ4v) is 1.93. The molecule has 0 bridgehead atoms. The van der Waals surface area contributed by atoms with Crippen LogP contribution in [0.25, 0.3) is 0 Å². The Balaban J connectivity index is 1.91. The largest absolute Gasteiger partial charge is 0.379 e. The van der Waals surface area contributed by atoms with Crippen molar-refractivity contribution in [3.63, 3.8) is 0 Å². The second-order valence-corrected chi connectivity index (χ2v) is 4.47. The van der Waals surface area contributed by atoms with Crippen molar-refractivity contribution < 1.29 is 9.31 Å². The summed E-state index contributed by atoms with van der Waals surface area (Å²) >= 11 is 0. The van der Waals surface area contributed by atoms with Crippen LogP contribution in [-0.4, -0.2) is 21.7 Å². The van der Waals surface area contributed by atoms with Crippen LogP contribution in [0, 0.1) is 22.9 Å². The van der Waals surface area contributed by atoms with Crippen LogP contribution in [0.5, 0.6) is 0 Å². The first-order chi connectivity index (χ1) is 9.58. The van der Waals surface area contributed by atoms with Crippen LogP contribution in [0.15, 0.2) is 24.4 Å². The molecule has 2 N–H and O–H groups in total. The normalized spacial score (nSPS) is 10.5. The SMILES string of the molecule is Cc1[nH]ncc1CCCNc1ccc(F)cc1[N+](=O)[O-]. The van der Waals surface area contributed by atoms with Gasteiger partial charge in [-0.2, -0.15) is 5.10 Å². The highest BCUT2D eigenvalue weighted by Gasteiger charge is 2.14. The van der Waals surface area contributed by atoms with E-state index < -0.39 is 10.7 Å². The second-order valence-electron chi connectivity index (χ2n) is 4.47. The molecule has 0 aliphatic heterocycles. The minimum absolute atomic E-state index is 0.246. The Morgan fingerprint density at radius 1 is 1.50 bits per heavy atom. The molecule has 20 heavy (non-hydrogen) atoms. The Morgan fingerprint density at radius 3 is 2.95 bits per heavy atom. The summed E-state index contributed by atoms with van der Waals surface area (Å²) in [4.78, 5) is 10.2. The molecule has 2 rings (SSSR count). The molecule has 0 unspecified atom stereocenters. The fraction of sp³-hybridized carbons (Fsp3) is 0.308. The van der Waals surface area contributed by atoms with Crippen LogP contribution in [-0.2, 0) is 6.42 Å². The van der Waals surface area contributed by atoms with E-state index in [1.807, 2.05) is 6.92 Å². The van der Waals surface area contributed by atoms with E-state index in [2.05, 4.69) is 15.5 Å². The Hall–Kier alpha value is -2.44. The third-order valence-electron chi connectivity index (χ3n) is 3.03. The van der Waals surface area contributed by atoms with Crippen molar-refractivity contribution in [2.24, 2.45) is 0 Å². The maximum Gasteiger partial charge on any atom is 0.295 e. The van der Waals surface area contributed by atoms with Gasteiger partial charge in [-0.05, 0) is 37.5 Å². The molecule has 7 heteroatoms. The standard InChI is InChI=1S/C13H15FN4O2/c1-9-10(8-16-17-9)3-2-6-15-12-5-4-11(14)7-13(12)18(19)20/h4-5,7-8,15H,2-3,6H2,1H3,(H,16,17). The summed E-state index contributed by atoms with van der Waals surface area (Å²) in [6.45, 7) is 2.51. The van der Waals surface area contributed by atoms with Gasteiger partial charge in [-0.3, -0.25) is 15.2 Å². The summed E-state index contributed by atoms with van der Waals surface area (Å²) in [5, 5.41) is 20.6. The molecule has 6 nitrogen and oxygen atoms in total. The number of benzene rings is 1. The van der Waals surface area contributed by atoms with Gasteiger partial charge in [-0.1, -0.05) is 0 Å². The molecule has 0 aliphatic carbocycles. The van der Waals surface area contributed by atoms with Gasteiger partial charge in [0, 0.05) is 12.2 Å². The topological polar surface area (TPSA) is 83.8 Å². The number of nitrogens with zero attached hydrogens (tertiary/aromatic N) is 2. The third kappa shape index (κ3) is 3.31. The Morgan fingerprint density at radius 2 is 2.30 bits per heavy atom. The number of nitrogens with one attached hydrogen (secondary N) is 2. The van der Waals surface area contributed by atoms with Crippen LogP contribution in [0.3, 0.4) is 0 Å². The molecule has 0 saturated carbocycles. The summed E-state index contributed by atoms with van der Waals surface area (Å²) in [7, 11) is 0. The van der Waals surface area contributed by atoms with Gasteiger partial charge in [0.1, 0.15) is 11.5 Å². The monoisotopic (exact) mass is 278 g/mol. The number of aromatic amines is 1. The van der Waals surface area contributed by atoms with Crippen molar-refractivity contribution in [1.29, 1.82) is 0 Å². The van der Waals surface area contributed by atoms with Gasteiger partial charge in [0.15, 0.2) is 0 Å². The number of nitro groups is 1. The fourth-order valence-electron chi connectivity index (χ4n) is 1.93. The quantitative estimate of drug-likeness (QED) is 0.483. The van der Waals surface area contributed by atoms with E-state index in [1.54, 1.807) is 6.20 Å². The van der Waals surface area contributed by atoms with E-state index in [0.29, 0.717) is 12.2 Å². The summed E-state index contributed by atoms with van der Waals surface area (Å²) < 4.78 is 13.0. The molecule has 0 amide bonds. The molecule has 0 fully saturated rings. The van der Waals surface area contributed by atoms with Gasteiger partial charge < -0.3 is 5.32 Å². The number of anilines is 1. The lowest BCUT2D eigenvalue weighted by Gasteiger charge is -2.07. The smallest absolute Gasteiger partial charge is 0.295 e. The number of aryl methyl sites for hydroxylation is 2. The summed E-state index contributed by atoms with van der Waals surface area (Å²) in [5.41, 5.74) is 2.24. The molecular weight excluding hydrogens is 263 g/mol. The van der Waals surface area contributed by atoms with Crippen molar-refractivity contribution in [3.05, 3.63) is 51.6 Å². The molecular formula is C13H15FN4O2. The number of hydrogen-bond acceptors (Lipinski definition) is 4. The van der Waals surface area contributed by atoms with Gasteiger partial charge in [-0.25, -0.2) is 4.39 Å². The second kappa shape index (κ2) is 6.14. The van der Waals surface area contributed by atoms with Crippen LogP contribution in [0.4, 0.5) is 15.8 Å². The van der Waals surface area contributed by atoms with E-state index in [0.717, 1.165) is 30.2 Å². The van der Waals surface area contributed by atoms with Gasteiger partial charge in [0.2, 0.25) is 0 Å². The van der Waals surface area contributed by atoms with Crippen molar-refractivity contribution in [1.82, 2.24) is 10.2 Å². The van der Waals surface area contributed by atoms with Gasteiger partial charge in [0.25, 0.3) is 5.69 Å². The molecule has 2 aromatic rings. The van der Waals surface area contributed by atoms with E-state index in [1.165, 1.54) is 12.1 Å². The first kappa shape index (κ1) is 14.0. The van der Waals surface area contributed by atoms with Crippen LogP contribution >= 0.6 is 0 Å². The number of halogens is 1. The molecule has 0 aliphatic rings. The van der Waals surface area contributed by atoms with Crippen molar-refractivity contribution in [2.45, 2.75) is 19.8 Å².